The molecule has 1 saturated heterocycles. The highest BCUT2D eigenvalue weighted by Crippen LogP contribution is 2.23. The Labute approximate surface area is 217 Å². The summed E-state index contributed by atoms with van der Waals surface area (Å²) >= 11 is 0. The average Bonchev–Trinajstić information content (AvgIpc) is 3.42. The van der Waals surface area contributed by atoms with Gasteiger partial charge < -0.3 is 30.0 Å². The van der Waals surface area contributed by atoms with Crippen molar-refractivity contribution < 1.29 is 27.5 Å². The van der Waals surface area contributed by atoms with E-state index in [-0.39, 0.29) is 24.3 Å². The predicted molar refractivity (Wildman–Crippen MR) is 137 cm³/mol. The van der Waals surface area contributed by atoms with E-state index in [4.69, 9.17) is 15.2 Å². The number of piperidine rings is 1. The van der Waals surface area contributed by atoms with E-state index in [0.29, 0.717) is 25.2 Å². The number of amides is 1. The second kappa shape index (κ2) is 12.9. The fourth-order valence-electron chi connectivity index (χ4n) is 4.11. The molecule has 12 nitrogen and oxygen atoms in total. The first kappa shape index (κ1) is 28.4. The molecule has 0 radical (unpaired) electrons. The summed E-state index contributed by atoms with van der Waals surface area (Å²) in [7, 11) is -0.343. The number of likely N-dealkylation sites (tertiary alicyclic amines) is 1. The molecule has 1 aromatic carbocycles. The van der Waals surface area contributed by atoms with Crippen LogP contribution >= 0.6 is 0 Å². The predicted octanol–water partition coefficient (Wildman–Crippen LogP) is 2.11. The molecule has 0 spiro atoms. The van der Waals surface area contributed by atoms with Gasteiger partial charge in [-0.15, -0.1) is 0 Å². The summed E-state index contributed by atoms with van der Waals surface area (Å²) in [5.74, 6) is 0.0453. The van der Waals surface area contributed by atoms with E-state index >= 15 is 0 Å². The molecule has 3 atom stereocenters. The number of nitrogens with one attached hydrogen (secondary N) is 2. The summed E-state index contributed by atoms with van der Waals surface area (Å²) < 4.78 is 39.4. The molecule has 3 rings (SSSR count). The van der Waals surface area contributed by atoms with Crippen LogP contribution in [-0.4, -0.2) is 74.9 Å². The third-order valence-electron chi connectivity index (χ3n) is 6.12. The SMILES string of the molecule is CCOC(=O)O[C@@H]1CCCCN1C(=O)[C@H](CC[C@H](N)c1ncc[nH]1)NS(=O)(=O)c1ccc(N(C)C)cc1. The van der Waals surface area contributed by atoms with Crippen LogP contribution in [0.1, 0.15) is 50.9 Å². The summed E-state index contributed by atoms with van der Waals surface area (Å²) in [6, 6.07) is 4.69. The number of aromatic nitrogens is 2. The lowest BCUT2D eigenvalue weighted by atomic mass is 10.0. The van der Waals surface area contributed by atoms with E-state index in [1.165, 1.54) is 17.0 Å². The first-order valence-corrected chi connectivity index (χ1v) is 13.8. The largest absolute Gasteiger partial charge is 0.510 e. The van der Waals surface area contributed by atoms with Gasteiger partial charge in [0, 0.05) is 45.1 Å². The molecule has 4 N–H and O–H groups in total. The number of anilines is 1. The molecule has 1 aliphatic rings. The zero-order chi connectivity index (χ0) is 27.0. The molecule has 1 aliphatic heterocycles. The van der Waals surface area contributed by atoms with Gasteiger partial charge in [-0.2, -0.15) is 4.72 Å². The first-order valence-electron chi connectivity index (χ1n) is 12.3. The van der Waals surface area contributed by atoms with Gasteiger partial charge in [-0.25, -0.2) is 18.2 Å². The number of imidazole rings is 1. The van der Waals surface area contributed by atoms with E-state index in [9.17, 15) is 18.0 Å². The average molecular weight is 537 g/mol. The van der Waals surface area contributed by atoms with Crippen LogP contribution in [0.4, 0.5) is 10.5 Å². The van der Waals surface area contributed by atoms with Crippen molar-refractivity contribution in [2.24, 2.45) is 5.73 Å². The number of sulfonamides is 1. The monoisotopic (exact) mass is 536 g/mol. The Morgan fingerprint density at radius 2 is 1.97 bits per heavy atom. The summed E-state index contributed by atoms with van der Waals surface area (Å²) in [5, 5.41) is 0. The first-order chi connectivity index (χ1) is 17.6. The number of ether oxygens (including phenoxy) is 2. The van der Waals surface area contributed by atoms with Gasteiger partial charge in [-0.05, 0) is 56.9 Å². The maximum absolute atomic E-state index is 13.7. The van der Waals surface area contributed by atoms with Crippen LogP contribution in [0, 0.1) is 0 Å². The Hall–Kier alpha value is -3.16. The number of hydrogen-bond acceptors (Lipinski definition) is 9. The van der Waals surface area contributed by atoms with Crippen molar-refractivity contribution in [3.05, 3.63) is 42.5 Å². The third-order valence-corrected chi connectivity index (χ3v) is 7.61. The van der Waals surface area contributed by atoms with E-state index < -0.39 is 40.4 Å². The van der Waals surface area contributed by atoms with E-state index in [2.05, 4.69) is 14.7 Å². The minimum atomic E-state index is -4.05. The minimum absolute atomic E-state index is 0.0317. The summed E-state index contributed by atoms with van der Waals surface area (Å²) in [5.41, 5.74) is 7.06. The molecule has 13 heteroatoms. The van der Waals surface area contributed by atoms with Gasteiger partial charge in [0.25, 0.3) is 0 Å². The Bertz CT molecular complexity index is 1120. The van der Waals surface area contributed by atoms with E-state index in [1.807, 2.05) is 19.0 Å². The van der Waals surface area contributed by atoms with Crippen molar-refractivity contribution in [1.29, 1.82) is 0 Å². The Balaban J connectivity index is 1.82. The van der Waals surface area contributed by atoms with Crippen LogP contribution in [-0.2, 0) is 24.3 Å². The van der Waals surface area contributed by atoms with E-state index in [1.54, 1.807) is 31.5 Å². The fourth-order valence-corrected chi connectivity index (χ4v) is 5.34. The van der Waals surface area contributed by atoms with Gasteiger partial charge in [0.2, 0.25) is 15.9 Å². The molecule has 1 amide bonds. The van der Waals surface area contributed by atoms with Gasteiger partial charge in [-0.1, -0.05) is 0 Å². The Morgan fingerprint density at radius 1 is 1.24 bits per heavy atom. The number of rotatable bonds is 11. The second-order valence-corrected chi connectivity index (χ2v) is 10.7. The van der Waals surface area contributed by atoms with Gasteiger partial charge in [0.05, 0.1) is 17.5 Å². The highest BCUT2D eigenvalue weighted by atomic mass is 32.2. The maximum Gasteiger partial charge on any atom is 0.510 e. The molecule has 0 bridgehead atoms. The van der Waals surface area contributed by atoms with Crippen LogP contribution in [0.25, 0.3) is 0 Å². The van der Waals surface area contributed by atoms with Gasteiger partial charge in [-0.3, -0.25) is 4.79 Å². The van der Waals surface area contributed by atoms with Gasteiger partial charge in [0.15, 0.2) is 6.23 Å². The zero-order valence-electron chi connectivity index (χ0n) is 21.4. The molecule has 0 unspecified atom stereocenters. The fraction of sp³-hybridized carbons (Fsp3) is 0.542. The lowest BCUT2D eigenvalue weighted by molar-refractivity contribution is -0.148. The van der Waals surface area contributed by atoms with Gasteiger partial charge >= 0.3 is 6.16 Å². The number of aromatic amines is 1. The molecule has 2 heterocycles. The van der Waals surface area contributed by atoms with Crippen LogP contribution < -0.4 is 15.4 Å². The number of carbonyl (C=O) groups is 2. The summed E-state index contributed by atoms with van der Waals surface area (Å²) in [6.07, 6.45) is 3.78. The molecule has 37 heavy (non-hydrogen) atoms. The van der Waals surface area contributed by atoms with E-state index in [0.717, 1.165) is 12.1 Å². The summed E-state index contributed by atoms with van der Waals surface area (Å²) in [6.45, 7) is 2.12. The number of nitrogens with zero attached hydrogens (tertiary/aromatic N) is 3. The quantitative estimate of drug-likeness (QED) is 0.365. The standard InChI is InChI=1S/C24H36N6O6S/c1-4-35-24(32)36-21-7-5-6-16-30(21)23(31)20(13-12-19(25)22-26-14-15-27-22)28-37(33,34)18-10-8-17(9-11-18)29(2)3/h8-11,14-15,19-21,28H,4-7,12-13,16,25H2,1-3H3,(H,26,27)/t19-,20-,21+/m0/s1. The van der Waals surface area contributed by atoms with Crippen LogP contribution in [0.3, 0.4) is 0 Å². The van der Waals surface area contributed by atoms with Crippen LogP contribution in [0.2, 0.25) is 0 Å². The summed E-state index contributed by atoms with van der Waals surface area (Å²) in [4.78, 5) is 36.0. The van der Waals surface area contributed by atoms with Crippen molar-refractivity contribution in [2.45, 2.75) is 62.2 Å². The normalized spacial score (nSPS) is 17.6. The smallest absolute Gasteiger partial charge is 0.435 e. The van der Waals surface area contributed by atoms with Crippen molar-refractivity contribution in [3.8, 4) is 0 Å². The molecule has 0 saturated carbocycles. The number of carbonyl (C=O) groups excluding carboxylic acids is 2. The molecule has 1 aromatic heterocycles. The molecule has 2 aromatic rings. The van der Waals surface area contributed by atoms with Crippen LogP contribution in [0.15, 0.2) is 41.6 Å². The molecule has 1 fully saturated rings. The molecular weight excluding hydrogens is 500 g/mol. The minimum Gasteiger partial charge on any atom is -0.435 e. The zero-order valence-corrected chi connectivity index (χ0v) is 22.2. The number of H-pyrrole nitrogens is 1. The second-order valence-electron chi connectivity index (χ2n) is 9.00. The van der Waals surface area contributed by atoms with Crippen molar-refractivity contribution in [3.63, 3.8) is 0 Å². The topological polar surface area (TPSA) is 160 Å². The van der Waals surface area contributed by atoms with Crippen molar-refractivity contribution in [2.75, 3.05) is 32.1 Å². The van der Waals surface area contributed by atoms with Crippen LogP contribution in [0.5, 0.6) is 0 Å². The lowest BCUT2D eigenvalue weighted by Gasteiger charge is -2.36. The third kappa shape index (κ3) is 7.66. The number of benzene rings is 1. The maximum atomic E-state index is 13.7. The Kier molecular flexibility index (Phi) is 9.89. The lowest BCUT2D eigenvalue weighted by Crippen LogP contribution is -2.54. The molecule has 204 valence electrons. The van der Waals surface area contributed by atoms with Gasteiger partial charge in [0.1, 0.15) is 11.9 Å². The molecular formula is C24H36N6O6S. The number of hydrogen-bond donors (Lipinski definition) is 3. The Morgan fingerprint density at radius 3 is 2.59 bits per heavy atom. The highest BCUT2D eigenvalue weighted by molar-refractivity contribution is 7.89. The van der Waals surface area contributed by atoms with Crippen molar-refractivity contribution >= 4 is 27.8 Å². The van der Waals surface area contributed by atoms with Crippen molar-refractivity contribution in [1.82, 2.24) is 19.6 Å². The number of nitrogens with two attached hydrogens (primary N) is 1. The highest BCUT2D eigenvalue weighted by Gasteiger charge is 2.36. The molecule has 0 aliphatic carbocycles.